The minimum atomic E-state index is 0.637. The van der Waals surface area contributed by atoms with Crippen molar-refractivity contribution in [3.05, 3.63) is 47.3 Å². The second-order valence-corrected chi connectivity index (χ2v) is 6.12. The normalized spacial score (nSPS) is 17.7. The summed E-state index contributed by atoms with van der Waals surface area (Å²) in [5.74, 6) is 1.83. The predicted molar refractivity (Wildman–Crippen MR) is 79.6 cm³/mol. The van der Waals surface area contributed by atoms with E-state index in [0.717, 1.165) is 13.1 Å². The van der Waals surface area contributed by atoms with Gasteiger partial charge in [-0.25, -0.2) is 0 Å². The second-order valence-electron chi connectivity index (χ2n) is 5.06. The molecule has 0 aliphatic carbocycles. The molecule has 19 heavy (non-hydrogen) atoms. The van der Waals surface area contributed by atoms with Gasteiger partial charge >= 0.3 is 0 Å². The molecule has 3 nitrogen and oxygen atoms in total. The number of thioether (sulfide) groups is 1. The molecule has 0 saturated heterocycles. The first-order valence-electron chi connectivity index (χ1n) is 6.65. The van der Waals surface area contributed by atoms with Gasteiger partial charge in [-0.3, -0.25) is 4.68 Å². The SMILES string of the molecule is Cc1c(CNCC2CSc3ccccc32)cnn1C. The van der Waals surface area contributed by atoms with Gasteiger partial charge in [-0.15, -0.1) is 11.8 Å². The smallest absolute Gasteiger partial charge is 0.0537 e. The molecule has 1 unspecified atom stereocenters. The zero-order valence-corrected chi connectivity index (χ0v) is 12.2. The topological polar surface area (TPSA) is 29.9 Å². The van der Waals surface area contributed by atoms with E-state index in [-0.39, 0.29) is 0 Å². The van der Waals surface area contributed by atoms with Crippen molar-refractivity contribution < 1.29 is 0 Å². The average Bonchev–Trinajstić information content (AvgIpc) is 2.97. The van der Waals surface area contributed by atoms with Crippen LogP contribution in [0.4, 0.5) is 0 Å². The maximum absolute atomic E-state index is 4.28. The summed E-state index contributed by atoms with van der Waals surface area (Å²) < 4.78 is 1.93. The van der Waals surface area contributed by atoms with Crippen molar-refractivity contribution >= 4 is 11.8 Å². The quantitative estimate of drug-likeness (QED) is 0.929. The summed E-state index contributed by atoms with van der Waals surface area (Å²) in [4.78, 5) is 1.45. The van der Waals surface area contributed by atoms with Gasteiger partial charge in [0, 0.05) is 48.0 Å². The predicted octanol–water partition coefficient (Wildman–Crippen LogP) is 2.71. The molecule has 0 amide bonds. The zero-order valence-electron chi connectivity index (χ0n) is 11.4. The molecular formula is C15H19N3S. The fourth-order valence-corrected chi connectivity index (χ4v) is 3.75. The fourth-order valence-electron chi connectivity index (χ4n) is 2.50. The maximum atomic E-state index is 4.28. The Balaban J connectivity index is 1.58. The number of hydrogen-bond donors (Lipinski definition) is 1. The number of nitrogens with zero attached hydrogens (tertiary/aromatic N) is 2. The van der Waals surface area contributed by atoms with Gasteiger partial charge in [0.15, 0.2) is 0 Å². The largest absolute Gasteiger partial charge is 0.312 e. The van der Waals surface area contributed by atoms with Crippen molar-refractivity contribution in [2.75, 3.05) is 12.3 Å². The first-order valence-corrected chi connectivity index (χ1v) is 7.64. The van der Waals surface area contributed by atoms with E-state index >= 15 is 0 Å². The molecule has 1 aliphatic rings. The molecule has 0 saturated carbocycles. The highest BCUT2D eigenvalue weighted by molar-refractivity contribution is 7.99. The van der Waals surface area contributed by atoms with Crippen LogP contribution >= 0.6 is 11.8 Å². The summed E-state index contributed by atoms with van der Waals surface area (Å²) >= 11 is 1.97. The van der Waals surface area contributed by atoms with Gasteiger partial charge < -0.3 is 5.32 Å². The Labute approximate surface area is 118 Å². The molecule has 1 atom stereocenters. The van der Waals surface area contributed by atoms with Crippen molar-refractivity contribution in [2.45, 2.75) is 24.3 Å². The molecule has 2 heterocycles. The highest BCUT2D eigenvalue weighted by atomic mass is 32.2. The Kier molecular flexibility index (Phi) is 3.62. The van der Waals surface area contributed by atoms with Crippen LogP contribution in [0.2, 0.25) is 0 Å². The van der Waals surface area contributed by atoms with E-state index < -0.39 is 0 Å². The lowest BCUT2D eigenvalue weighted by atomic mass is 10.0. The minimum absolute atomic E-state index is 0.637. The standard InChI is InChI=1S/C15H19N3S/c1-11-12(9-17-18(11)2)7-16-8-13-10-19-15-6-4-3-5-14(13)15/h3-6,9,13,16H,7-8,10H2,1-2H3. The molecule has 0 bridgehead atoms. The van der Waals surface area contributed by atoms with Gasteiger partial charge in [-0.1, -0.05) is 18.2 Å². The lowest BCUT2D eigenvalue weighted by Crippen LogP contribution is -2.21. The van der Waals surface area contributed by atoms with Crippen molar-refractivity contribution in [2.24, 2.45) is 7.05 Å². The number of aryl methyl sites for hydroxylation is 1. The molecule has 0 fully saturated rings. The van der Waals surface area contributed by atoms with Crippen LogP contribution in [0, 0.1) is 6.92 Å². The van der Waals surface area contributed by atoms with Crippen molar-refractivity contribution in [1.82, 2.24) is 15.1 Å². The number of fused-ring (bicyclic) bond motifs is 1. The monoisotopic (exact) mass is 273 g/mol. The van der Waals surface area contributed by atoms with Crippen LogP contribution < -0.4 is 5.32 Å². The first-order chi connectivity index (χ1) is 9.25. The Bertz CT molecular complexity index is 577. The van der Waals surface area contributed by atoms with Crippen molar-refractivity contribution in [1.29, 1.82) is 0 Å². The number of benzene rings is 1. The molecule has 1 aromatic heterocycles. The highest BCUT2D eigenvalue weighted by Gasteiger charge is 2.22. The molecule has 1 aromatic carbocycles. The first kappa shape index (κ1) is 12.8. The molecule has 0 spiro atoms. The zero-order chi connectivity index (χ0) is 13.2. The molecule has 100 valence electrons. The van der Waals surface area contributed by atoms with Crippen LogP contribution in [0.5, 0.6) is 0 Å². The second kappa shape index (κ2) is 5.39. The third kappa shape index (κ3) is 2.55. The van der Waals surface area contributed by atoms with Crippen LogP contribution in [0.25, 0.3) is 0 Å². The van der Waals surface area contributed by atoms with E-state index in [1.54, 1.807) is 0 Å². The fraction of sp³-hybridized carbons (Fsp3) is 0.400. The van der Waals surface area contributed by atoms with Gasteiger partial charge in [0.1, 0.15) is 0 Å². The van der Waals surface area contributed by atoms with E-state index in [0.29, 0.717) is 5.92 Å². The van der Waals surface area contributed by atoms with E-state index in [2.05, 4.69) is 41.6 Å². The molecule has 2 aromatic rings. The summed E-state index contributed by atoms with van der Waals surface area (Å²) in [5, 5.41) is 7.85. The van der Waals surface area contributed by atoms with E-state index in [9.17, 15) is 0 Å². The summed E-state index contributed by atoms with van der Waals surface area (Å²) in [6.45, 7) is 4.06. The molecule has 1 aliphatic heterocycles. The molecule has 4 heteroatoms. The van der Waals surface area contributed by atoms with Gasteiger partial charge in [-0.2, -0.15) is 5.10 Å². The molecular weight excluding hydrogens is 254 g/mol. The molecule has 0 radical (unpaired) electrons. The van der Waals surface area contributed by atoms with Gasteiger partial charge in [0.05, 0.1) is 6.20 Å². The third-order valence-corrected chi connectivity index (χ3v) is 5.09. The summed E-state index contributed by atoms with van der Waals surface area (Å²) in [6.07, 6.45) is 1.96. The van der Waals surface area contributed by atoms with Crippen molar-refractivity contribution in [3.63, 3.8) is 0 Å². The Morgan fingerprint density at radius 2 is 2.26 bits per heavy atom. The van der Waals surface area contributed by atoms with Crippen LogP contribution in [-0.2, 0) is 13.6 Å². The molecule has 3 rings (SSSR count). The Morgan fingerprint density at radius 1 is 1.42 bits per heavy atom. The summed E-state index contributed by atoms with van der Waals surface area (Å²) in [7, 11) is 1.99. The summed E-state index contributed by atoms with van der Waals surface area (Å²) in [5.41, 5.74) is 4.04. The van der Waals surface area contributed by atoms with Gasteiger partial charge in [0.25, 0.3) is 0 Å². The van der Waals surface area contributed by atoms with E-state index in [4.69, 9.17) is 0 Å². The van der Waals surface area contributed by atoms with Crippen LogP contribution in [0.3, 0.4) is 0 Å². The minimum Gasteiger partial charge on any atom is -0.312 e. The van der Waals surface area contributed by atoms with E-state index in [1.165, 1.54) is 27.5 Å². The Hall–Kier alpha value is -1.26. The average molecular weight is 273 g/mol. The van der Waals surface area contributed by atoms with Gasteiger partial charge in [0.2, 0.25) is 0 Å². The van der Waals surface area contributed by atoms with Crippen LogP contribution in [0.15, 0.2) is 35.4 Å². The number of hydrogen-bond acceptors (Lipinski definition) is 3. The number of nitrogens with one attached hydrogen (secondary N) is 1. The van der Waals surface area contributed by atoms with Crippen LogP contribution in [0.1, 0.15) is 22.7 Å². The lowest BCUT2D eigenvalue weighted by molar-refractivity contribution is 0.619. The Morgan fingerprint density at radius 3 is 3.05 bits per heavy atom. The lowest BCUT2D eigenvalue weighted by Gasteiger charge is -2.11. The number of rotatable bonds is 4. The molecule has 1 N–H and O–H groups in total. The third-order valence-electron chi connectivity index (χ3n) is 3.84. The highest BCUT2D eigenvalue weighted by Crippen LogP contribution is 2.38. The maximum Gasteiger partial charge on any atom is 0.0537 e. The summed E-state index contributed by atoms with van der Waals surface area (Å²) in [6, 6.07) is 8.76. The van der Waals surface area contributed by atoms with E-state index in [1.807, 2.05) is 29.7 Å². The van der Waals surface area contributed by atoms with Crippen LogP contribution in [-0.4, -0.2) is 22.1 Å². The number of aromatic nitrogens is 2. The van der Waals surface area contributed by atoms with Gasteiger partial charge in [-0.05, 0) is 18.6 Å². The van der Waals surface area contributed by atoms with Crippen molar-refractivity contribution in [3.8, 4) is 0 Å².